The summed E-state index contributed by atoms with van der Waals surface area (Å²) in [6.45, 7) is 6.74. The van der Waals surface area contributed by atoms with E-state index in [0.29, 0.717) is 30.8 Å². The molecule has 1 N–H and O–H groups in total. The predicted molar refractivity (Wildman–Crippen MR) is 115 cm³/mol. The number of anilines is 1. The number of amides is 1. The molecule has 156 valence electrons. The van der Waals surface area contributed by atoms with Gasteiger partial charge in [-0.05, 0) is 75.1 Å². The summed E-state index contributed by atoms with van der Waals surface area (Å²) in [5, 5.41) is 2.91. The second-order valence-corrected chi connectivity index (χ2v) is 9.59. The van der Waals surface area contributed by atoms with Crippen molar-refractivity contribution in [2.75, 3.05) is 23.2 Å². The van der Waals surface area contributed by atoms with Gasteiger partial charge >= 0.3 is 0 Å². The summed E-state index contributed by atoms with van der Waals surface area (Å²) in [4.78, 5) is 12.6. The monoisotopic (exact) mass is 416 g/mol. The smallest absolute Gasteiger partial charge is 0.251 e. The molecule has 1 amide bonds. The highest BCUT2D eigenvalue weighted by molar-refractivity contribution is 7.92. The van der Waals surface area contributed by atoms with Crippen LogP contribution in [0, 0.1) is 13.8 Å². The standard InChI is InChI=1S/C22H28N2O4S/c1-16-9-10-21(13-17(16)2)28-15-18(3)23-22(25)19-7-6-8-20(14-19)24-11-4-5-12-29(24,26)27/h6-10,13-14,18H,4-5,11-12,15H2,1-3H3,(H,23,25)/t18-/m0/s1. The zero-order valence-corrected chi connectivity index (χ0v) is 18.0. The molecule has 0 bridgehead atoms. The van der Waals surface area contributed by atoms with Gasteiger partial charge in [0.25, 0.3) is 5.91 Å². The van der Waals surface area contributed by atoms with E-state index in [4.69, 9.17) is 4.74 Å². The Hall–Kier alpha value is -2.54. The predicted octanol–water partition coefficient (Wildman–Crippen LogP) is 3.43. The van der Waals surface area contributed by atoms with Crippen LogP contribution in [0.4, 0.5) is 5.69 Å². The van der Waals surface area contributed by atoms with Gasteiger partial charge < -0.3 is 10.1 Å². The van der Waals surface area contributed by atoms with Crippen LogP contribution in [-0.4, -0.2) is 39.3 Å². The SMILES string of the molecule is Cc1ccc(OC[C@H](C)NC(=O)c2cccc(N3CCCCS3(=O)=O)c2)cc1C. The molecule has 29 heavy (non-hydrogen) atoms. The number of ether oxygens (including phenoxy) is 1. The summed E-state index contributed by atoms with van der Waals surface area (Å²) in [5.41, 5.74) is 3.33. The summed E-state index contributed by atoms with van der Waals surface area (Å²) in [5.74, 6) is 0.667. The van der Waals surface area contributed by atoms with E-state index in [1.54, 1.807) is 24.3 Å². The molecule has 1 heterocycles. The molecule has 1 saturated heterocycles. The van der Waals surface area contributed by atoms with Gasteiger partial charge in [-0.3, -0.25) is 9.10 Å². The molecule has 3 rings (SSSR count). The molecule has 0 radical (unpaired) electrons. The molecule has 6 nitrogen and oxygen atoms in total. The summed E-state index contributed by atoms with van der Waals surface area (Å²) >= 11 is 0. The van der Waals surface area contributed by atoms with Gasteiger partial charge in [-0.1, -0.05) is 12.1 Å². The maximum absolute atomic E-state index is 12.6. The summed E-state index contributed by atoms with van der Waals surface area (Å²) < 4.78 is 31.8. The quantitative estimate of drug-likeness (QED) is 0.783. The van der Waals surface area contributed by atoms with Crippen molar-refractivity contribution >= 4 is 21.6 Å². The Balaban J connectivity index is 1.62. The molecule has 0 spiro atoms. The average molecular weight is 417 g/mol. The first kappa shape index (κ1) is 21.2. The highest BCUT2D eigenvalue weighted by atomic mass is 32.2. The molecule has 1 atom stereocenters. The van der Waals surface area contributed by atoms with Crippen molar-refractivity contribution in [3.8, 4) is 5.75 Å². The van der Waals surface area contributed by atoms with Gasteiger partial charge in [0, 0.05) is 12.1 Å². The lowest BCUT2D eigenvalue weighted by atomic mass is 10.1. The van der Waals surface area contributed by atoms with E-state index >= 15 is 0 Å². The average Bonchev–Trinajstić information content (AvgIpc) is 2.68. The van der Waals surface area contributed by atoms with Crippen LogP contribution in [0.2, 0.25) is 0 Å². The number of sulfonamides is 1. The summed E-state index contributed by atoms with van der Waals surface area (Å²) in [7, 11) is -3.31. The maximum atomic E-state index is 12.6. The normalized spacial score (nSPS) is 16.9. The minimum atomic E-state index is -3.31. The second kappa shape index (κ2) is 8.86. The lowest BCUT2D eigenvalue weighted by Gasteiger charge is -2.28. The highest BCUT2D eigenvalue weighted by Crippen LogP contribution is 2.24. The molecule has 1 aliphatic heterocycles. The number of aryl methyl sites for hydroxylation is 2. The highest BCUT2D eigenvalue weighted by Gasteiger charge is 2.26. The van der Waals surface area contributed by atoms with Crippen LogP contribution in [0.1, 0.15) is 41.3 Å². The second-order valence-electron chi connectivity index (χ2n) is 7.58. The number of rotatable bonds is 6. The van der Waals surface area contributed by atoms with Crippen molar-refractivity contribution < 1.29 is 17.9 Å². The summed E-state index contributed by atoms with van der Waals surface area (Å²) in [6.07, 6.45) is 1.50. The molecule has 7 heteroatoms. The topological polar surface area (TPSA) is 75.7 Å². The van der Waals surface area contributed by atoms with Gasteiger partial charge in [0.1, 0.15) is 12.4 Å². The Kier molecular flexibility index (Phi) is 6.47. The Labute approximate surface area is 172 Å². The van der Waals surface area contributed by atoms with E-state index in [1.165, 1.54) is 9.87 Å². The molecular weight excluding hydrogens is 388 g/mol. The van der Waals surface area contributed by atoms with Gasteiger partial charge in [-0.25, -0.2) is 8.42 Å². The van der Waals surface area contributed by atoms with Crippen molar-refractivity contribution in [3.05, 3.63) is 59.2 Å². The molecule has 2 aromatic rings. The van der Waals surface area contributed by atoms with Gasteiger partial charge in [-0.15, -0.1) is 0 Å². The van der Waals surface area contributed by atoms with Gasteiger partial charge in [0.2, 0.25) is 10.0 Å². The number of carbonyl (C=O) groups excluding carboxylic acids is 1. The van der Waals surface area contributed by atoms with Crippen molar-refractivity contribution in [1.29, 1.82) is 0 Å². The van der Waals surface area contributed by atoms with E-state index in [1.807, 2.05) is 39.0 Å². The molecule has 2 aromatic carbocycles. The first-order valence-corrected chi connectivity index (χ1v) is 11.5. The first-order valence-electron chi connectivity index (χ1n) is 9.88. The molecular formula is C22H28N2O4S. The Bertz CT molecular complexity index is 988. The maximum Gasteiger partial charge on any atom is 0.251 e. The van der Waals surface area contributed by atoms with Gasteiger partial charge in [0.05, 0.1) is 17.5 Å². The molecule has 0 saturated carbocycles. The fourth-order valence-electron chi connectivity index (χ4n) is 3.25. The summed E-state index contributed by atoms with van der Waals surface area (Å²) in [6, 6.07) is 12.5. The van der Waals surface area contributed by atoms with Crippen LogP contribution in [-0.2, 0) is 10.0 Å². The first-order chi connectivity index (χ1) is 13.8. The largest absolute Gasteiger partial charge is 0.491 e. The zero-order chi connectivity index (χ0) is 21.0. The van der Waals surface area contributed by atoms with Crippen molar-refractivity contribution in [3.63, 3.8) is 0 Å². The Morgan fingerprint density at radius 3 is 2.66 bits per heavy atom. The van der Waals surface area contributed by atoms with Crippen LogP contribution in [0.25, 0.3) is 0 Å². The fraction of sp³-hybridized carbons (Fsp3) is 0.409. The third-order valence-electron chi connectivity index (χ3n) is 5.10. The number of hydrogen-bond donors (Lipinski definition) is 1. The minimum Gasteiger partial charge on any atom is -0.491 e. The van der Waals surface area contributed by atoms with E-state index in [9.17, 15) is 13.2 Å². The lowest BCUT2D eigenvalue weighted by Crippen LogP contribution is -2.38. The third-order valence-corrected chi connectivity index (χ3v) is 6.97. The van der Waals surface area contributed by atoms with Crippen LogP contribution in [0.5, 0.6) is 5.75 Å². The van der Waals surface area contributed by atoms with Crippen LogP contribution in [0.15, 0.2) is 42.5 Å². The number of nitrogens with one attached hydrogen (secondary N) is 1. The molecule has 1 aliphatic rings. The number of nitrogens with zero attached hydrogens (tertiary/aromatic N) is 1. The number of carbonyl (C=O) groups is 1. The van der Waals surface area contributed by atoms with Crippen LogP contribution >= 0.6 is 0 Å². The minimum absolute atomic E-state index is 0.149. The van der Waals surface area contributed by atoms with Crippen LogP contribution in [0.3, 0.4) is 0 Å². The molecule has 0 aliphatic carbocycles. The Morgan fingerprint density at radius 2 is 1.93 bits per heavy atom. The van der Waals surface area contributed by atoms with Crippen molar-refractivity contribution in [2.24, 2.45) is 0 Å². The van der Waals surface area contributed by atoms with Gasteiger partial charge in [-0.2, -0.15) is 0 Å². The van der Waals surface area contributed by atoms with E-state index in [0.717, 1.165) is 17.7 Å². The van der Waals surface area contributed by atoms with Crippen molar-refractivity contribution in [1.82, 2.24) is 5.32 Å². The van der Waals surface area contributed by atoms with E-state index in [2.05, 4.69) is 5.32 Å². The Morgan fingerprint density at radius 1 is 1.14 bits per heavy atom. The van der Waals surface area contributed by atoms with Crippen molar-refractivity contribution in [2.45, 2.75) is 39.7 Å². The van der Waals surface area contributed by atoms with E-state index in [-0.39, 0.29) is 17.7 Å². The third kappa shape index (κ3) is 5.29. The number of benzene rings is 2. The molecule has 0 aromatic heterocycles. The van der Waals surface area contributed by atoms with E-state index < -0.39 is 10.0 Å². The zero-order valence-electron chi connectivity index (χ0n) is 17.1. The number of hydrogen-bond acceptors (Lipinski definition) is 4. The van der Waals surface area contributed by atoms with Crippen LogP contribution < -0.4 is 14.4 Å². The lowest BCUT2D eigenvalue weighted by molar-refractivity contribution is 0.0926. The molecule has 0 unspecified atom stereocenters. The molecule has 1 fully saturated rings. The van der Waals surface area contributed by atoms with Gasteiger partial charge in [0.15, 0.2) is 0 Å². The fourth-order valence-corrected chi connectivity index (χ4v) is 4.89.